The zero-order valence-corrected chi connectivity index (χ0v) is 14.4. The van der Waals surface area contributed by atoms with E-state index in [0.717, 1.165) is 20.6 Å². The average Bonchev–Trinajstić information content (AvgIpc) is 3.21. The molecule has 0 radical (unpaired) electrons. The van der Waals surface area contributed by atoms with Crippen LogP contribution in [-0.4, -0.2) is 20.7 Å². The topological polar surface area (TPSA) is 59.8 Å². The molecule has 1 N–H and O–H groups in total. The number of aromatic nitrogens is 3. The van der Waals surface area contributed by atoms with E-state index in [-0.39, 0.29) is 11.8 Å². The number of nitrogens with zero attached hydrogens (tertiary/aromatic N) is 3. The Morgan fingerprint density at radius 3 is 2.70 bits per heavy atom. The van der Waals surface area contributed by atoms with Gasteiger partial charge >= 0.3 is 0 Å². The van der Waals surface area contributed by atoms with Crippen molar-refractivity contribution in [3.05, 3.63) is 53.0 Å². The average molecular weight is 344 g/mol. The molecule has 1 atom stereocenters. The number of thiophene rings is 1. The van der Waals surface area contributed by atoms with Gasteiger partial charge in [0.25, 0.3) is 0 Å². The minimum Gasteiger partial charge on any atom is -0.326 e. The van der Waals surface area contributed by atoms with Crippen LogP contribution in [-0.2, 0) is 11.8 Å². The van der Waals surface area contributed by atoms with Gasteiger partial charge in [0, 0.05) is 22.5 Å². The van der Waals surface area contributed by atoms with Gasteiger partial charge in [-0.1, -0.05) is 6.07 Å². The highest BCUT2D eigenvalue weighted by Gasteiger charge is 2.16. The predicted molar refractivity (Wildman–Crippen MR) is 92.9 cm³/mol. The number of hydrogen-bond acceptors (Lipinski definition) is 5. The molecular weight excluding hydrogens is 328 g/mol. The van der Waals surface area contributed by atoms with Gasteiger partial charge in [-0.3, -0.25) is 4.79 Å². The van der Waals surface area contributed by atoms with Crippen LogP contribution in [0.4, 0.5) is 5.69 Å². The summed E-state index contributed by atoms with van der Waals surface area (Å²) in [7, 11) is 1.91. The third-order valence-electron chi connectivity index (χ3n) is 3.36. The molecule has 7 heteroatoms. The Morgan fingerprint density at radius 2 is 2.09 bits per heavy atom. The smallest absolute Gasteiger partial charge is 0.232 e. The van der Waals surface area contributed by atoms with E-state index in [2.05, 4.69) is 15.5 Å². The van der Waals surface area contributed by atoms with Crippen LogP contribution in [0.15, 0.2) is 58.2 Å². The second-order valence-electron chi connectivity index (χ2n) is 5.08. The molecule has 1 aromatic carbocycles. The summed E-state index contributed by atoms with van der Waals surface area (Å²) in [6, 6.07) is 11.7. The number of carbonyl (C=O) groups excluding carboxylic acids is 1. The highest BCUT2D eigenvalue weighted by atomic mass is 32.2. The number of anilines is 1. The van der Waals surface area contributed by atoms with E-state index in [4.69, 9.17) is 0 Å². The predicted octanol–water partition coefficient (Wildman–Crippen LogP) is 3.77. The SMILES string of the molecule is CC(C(=O)Nc1ccc(Sc2nncn2C)cc1)c1cccs1. The molecule has 118 valence electrons. The zero-order chi connectivity index (χ0) is 16.2. The van der Waals surface area contributed by atoms with Crippen molar-refractivity contribution in [2.24, 2.45) is 7.05 Å². The van der Waals surface area contributed by atoms with E-state index in [1.807, 2.05) is 60.3 Å². The van der Waals surface area contributed by atoms with Crippen molar-refractivity contribution < 1.29 is 4.79 Å². The van der Waals surface area contributed by atoms with E-state index in [9.17, 15) is 4.79 Å². The van der Waals surface area contributed by atoms with Crippen LogP contribution in [0.2, 0.25) is 0 Å². The van der Waals surface area contributed by atoms with E-state index in [1.54, 1.807) is 17.7 Å². The largest absolute Gasteiger partial charge is 0.326 e. The number of aryl methyl sites for hydroxylation is 1. The van der Waals surface area contributed by atoms with E-state index >= 15 is 0 Å². The first kappa shape index (κ1) is 15.8. The molecule has 1 amide bonds. The van der Waals surface area contributed by atoms with Crippen molar-refractivity contribution >= 4 is 34.7 Å². The van der Waals surface area contributed by atoms with Crippen LogP contribution in [0.3, 0.4) is 0 Å². The van der Waals surface area contributed by atoms with Crippen LogP contribution in [0.25, 0.3) is 0 Å². The maximum Gasteiger partial charge on any atom is 0.232 e. The van der Waals surface area contributed by atoms with Crippen molar-refractivity contribution in [2.75, 3.05) is 5.32 Å². The molecule has 2 aromatic heterocycles. The summed E-state index contributed by atoms with van der Waals surface area (Å²) >= 11 is 3.13. The minimum atomic E-state index is -0.150. The Balaban J connectivity index is 1.63. The lowest BCUT2D eigenvalue weighted by Gasteiger charge is -2.11. The molecule has 0 bridgehead atoms. The van der Waals surface area contributed by atoms with Gasteiger partial charge in [-0.15, -0.1) is 21.5 Å². The van der Waals surface area contributed by atoms with Gasteiger partial charge in [-0.05, 0) is 54.4 Å². The van der Waals surface area contributed by atoms with Gasteiger partial charge in [-0.2, -0.15) is 0 Å². The minimum absolute atomic E-state index is 0.00107. The Morgan fingerprint density at radius 1 is 1.30 bits per heavy atom. The lowest BCUT2D eigenvalue weighted by molar-refractivity contribution is -0.117. The molecule has 0 saturated carbocycles. The third kappa shape index (κ3) is 3.80. The second-order valence-corrected chi connectivity index (χ2v) is 7.10. The number of carbonyl (C=O) groups is 1. The Hall–Kier alpha value is -2.12. The first-order chi connectivity index (χ1) is 11.1. The summed E-state index contributed by atoms with van der Waals surface area (Å²) in [5.41, 5.74) is 0.792. The molecule has 23 heavy (non-hydrogen) atoms. The molecule has 0 aliphatic carbocycles. The maximum atomic E-state index is 12.3. The lowest BCUT2D eigenvalue weighted by Crippen LogP contribution is -2.17. The number of amides is 1. The van der Waals surface area contributed by atoms with Crippen LogP contribution in [0, 0.1) is 0 Å². The van der Waals surface area contributed by atoms with Crippen molar-refractivity contribution in [3.8, 4) is 0 Å². The second kappa shape index (κ2) is 6.97. The lowest BCUT2D eigenvalue weighted by atomic mass is 10.1. The van der Waals surface area contributed by atoms with Gasteiger partial charge < -0.3 is 9.88 Å². The Labute approximate surface area is 142 Å². The first-order valence-electron chi connectivity index (χ1n) is 7.09. The summed E-state index contributed by atoms with van der Waals surface area (Å²) < 4.78 is 1.86. The van der Waals surface area contributed by atoms with Crippen LogP contribution >= 0.6 is 23.1 Å². The van der Waals surface area contributed by atoms with Gasteiger partial charge in [0.1, 0.15) is 6.33 Å². The van der Waals surface area contributed by atoms with Gasteiger partial charge in [0.2, 0.25) is 5.91 Å². The fourth-order valence-corrected chi connectivity index (χ4v) is 3.54. The molecule has 1 unspecified atom stereocenters. The maximum absolute atomic E-state index is 12.3. The quantitative estimate of drug-likeness (QED) is 0.765. The van der Waals surface area contributed by atoms with Crippen LogP contribution < -0.4 is 5.32 Å². The fraction of sp³-hybridized carbons (Fsp3) is 0.188. The molecule has 0 saturated heterocycles. The molecule has 0 aliphatic heterocycles. The molecule has 3 rings (SSSR count). The highest BCUT2D eigenvalue weighted by Crippen LogP contribution is 2.27. The first-order valence-corrected chi connectivity index (χ1v) is 8.79. The van der Waals surface area contributed by atoms with Crippen molar-refractivity contribution in [1.82, 2.24) is 14.8 Å². The number of hydrogen-bond donors (Lipinski definition) is 1. The molecular formula is C16H16N4OS2. The number of nitrogens with one attached hydrogen (secondary N) is 1. The third-order valence-corrected chi connectivity index (χ3v) is 5.48. The molecule has 0 fully saturated rings. The van der Waals surface area contributed by atoms with Crippen molar-refractivity contribution in [1.29, 1.82) is 0 Å². The summed E-state index contributed by atoms with van der Waals surface area (Å²) in [5.74, 6) is -0.149. The fourth-order valence-electron chi connectivity index (χ4n) is 1.99. The number of rotatable bonds is 5. The van der Waals surface area contributed by atoms with Gasteiger partial charge in [0.05, 0.1) is 5.92 Å². The van der Waals surface area contributed by atoms with E-state index < -0.39 is 0 Å². The monoisotopic (exact) mass is 344 g/mol. The zero-order valence-electron chi connectivity index (χ0n) is 12.8. The standard InChI is InChI=1S/C16H16N4OS2/c1-11(14-4-3-9-22-14)15(21)18-12-5-7-13(8-6-12)23-16-19-17-10-20(16)2/h3-11H,1-2H3,(H,18,21). The number of benzene rings is 1. The Bertz CT molecular complexity index is 781. The van der Waals surface area contributed by atoms with Crippen molar-refractivity contribution in [2.45, 2.75) is 22.9 Å². The highest BCUT2D eigenvalue weighted by molar-refractivity contribution is 7.99. The molecule has 5 nitrogen and oxygen atoms in total. The normalized spacial score (nSPS) is 12.1. The van der Waals surface area contributed by atoms with Crippen LogP contribution in [0.1, 0.15) is 17.7 Å². The van der Waals surface area contributed by atoms with Gasteiger partial charge in [-0.25, -0.2) is 0 Å². The summed E-state index contributed by atoms with van der Waals surface area (Å²) in [4.78, 5) is 14.4. The molecule has 0 spiro atoms. The van der Waals surface area contributed by atoms with Crippen molar-refractivity contribution in [3.63, 3.8) is 0 Å². The van der Waals surface area contributed by atoms with E-state index in [1.165, 1.54) is 11.8 Å². The summed E-state index contributed by atoms with van der Waals surface area (Å²) in [6.07, 6.45) is 1.67. The molecule has 0 aliphatic rings. The molecule has 2 heterocycles. The summed E-state index contributed by atoms with van der Waals surface area (Å²) in [5, 5.41) is 13.7. The van der Waals surface area contributed by atoms with E-state index in [0.29, 0.717) is 0 Å². The van der Waals surface area contributed by atoms with Gasteiger partial charge in [0.15, 0.2) is 5.16 Å². The molecule has 3 aromatic rings. The Kier molecular flexibility index (Phi) is 4.78. The van der Waals surface area contributed by atoms with Crippen LogP contribution in [0.5, 0.6) is 0 Å². The summed E-state index contributed by atoms with van der Waals surface area (Å²) in [6.45, 7) is 1.92.